The molecule has 0 aromatic heterocycles. The van der Waals surface area contributed by atoms with Crippen LogP contribution in [0.5, 0.6) is 11.5 Å². The van der Waals surface area contributed by atoms with E-state index in [-0.39, 0.29) is 6.54 Å². The Morgan fingerprint density at radius 3 is 2.63 bits per heavy atom. The first kappa shape index (κ1) is 13.5. The first-order valence-corrected chi connectivity index (χ1v) is 5.97. The smallest absolute Gasteiger partial charge is 0.408 e. The third kappa shape index (κ3) is 2.08. The van der Waals surface area contributed by atoms with Crippen molar-refractivity contribution in [2.75, 3.05) is 27.3 Å². The number of amides is 1. The summed E-state index contributed by atoms with van der Waals surface area (Å²) >= 11 is 0. The van der Waals surface area contributed by atoms with Crippen LogP contribution < -0.4 is 20.5 Å². The lowest BCUT2D eigenvalue weighted by Gasteiger charge is -2.28. The summed E-state index contributed by atoms with van der Waals surface area (Å²) in [7, 11) is 3.16. The van der Waals surface area contributed by atoms with Gasteiger partial charge in [-0.25, -0.2) is 4.79 Å². The van der Waals surface area contributed by atoms with Gasteiger partial charge in [-0.2, -0.15) is 0 Å². The zero-order valence-corrected chi connectivity index (χ0v) is 11.3. The number of carbonyl (C=O) groups is 1. The van der Waals surface area contributed by atoms with Gasteiger partial charge in [0.2, 0.25) is 0 Å². The second kappa shape index (κ2) is 4.97. The molecule has 0 radical (unpaired) electrons. The molecule has 1 aromatic rings. The number of alkyl carbamates (subject to hydrolysis) is 1. The highest BCUT2D eigenvalue weighted by Gasteiger charge is 2.43. The molecule has 6 heteroatoms. The molecule has 1 atom stereocenters. The summed E-state index contributed by atoms with van der Waals surface area (Å²) in [6.07, 6.45) is -0.471. The van der Waals surface area contributed by atoms with Gasteiger partial charge in [-0.05, 0) is 19.1 Å². The summed E-state index contributed by atoms with van der Waals surface area (Å²) < 4.78 is 16.1. The van der Waals surface area contributed by atoms with Gasteiger partial charge in [0.15, 0.2) is 5.60 Å². The number of cyclic esters (lactones) is 1. The van der Waals surface area contributed by atoms with Crippen molar-refractivity contribution in [2.45, 2.75) is 12.5 Å². The van der Waals surface area contributed by atoms with Crippen LogP contribution in [0.25, 0.3) is 0 Å². The van der Waals surface area contributed by atoms with E-state index < -0.39 is 11.7 Å². The summed E-state index contributed by atoms with van der Waals surface area (Å²) in [6, 6.07) is 3.63. The average Bonchev–Trinajstić information content (AvgIpc) is 2.81. The molecule has 1 aliphatic rings. The fraction of sp³-hybridized carbons (Fsp3) is 0.462. The normalized spacial score (nSPS) is 21.8. The van der Waals surface area contributed by atoms with Crippen LogP contribution in [0.1, 0.15) is 11.1 Å². The molecule has 0 saturated carbocycles. The fourth-order valence-electron chi connectivity index (χ4n) is 2.36. The number of rotatable bonds is 4. The monoisotopic (exact) mass is 266 g/mol. The molecule has 6 nitrogen and oxygen atoms in total. The van der Waals surface area contributed by atoms with E-state index in [1.54, 1.807) is 14.2 Å². The van der Waals surface area contributed by atoms with Gasteiger partial charge >= 0.3 is 6.09 Å². The minimum absolute atomic E-state index is 0.174. The molecule has 1 aromatic carbocycles. The number of carbonyl (C=O) groups excluding carboxylic acids is 1. The van der Waals surface area contributed by atoms with Crippen LogP contribution in [0.2, 0.25) is 0 Å². The third-order valence-electron chi connectivity index (χ3n) is 3.41. The maximum absolute atomic E-state index is 11.3. The number of methoxy groups -OCH3 is 2. The molecule has 1 fully saturated rings. The summed E-state index contributed by atoms with van der Waals surface area (Å²) in [5.41, 5.74) is 6.50. The Bertz CT molecular complexity index is 504. The van der Waals surface area contributed by atoms with Crippen molar-refractivity contribution < 1.29 is 19.0 Å². The van der Waals surface area contributed by atoms with Gasteiger partial charge < -0.3 is 25.3 Å². The predicted molar refractivity (Wildman–Crippen MR) is 69.5 cm³/mol. The van der Waals surface area contributed by atoms with E-state index in [1.165, 1.54) is 0 Å². The van der Waals surface area contributed by atoms with Crippen molar-refractivity contribution in [1.29, 1.82) is 0 Å². The molecule has 1 saturated heterocycles. The standard InChI is InChI=1S/C13H18N2O4/c1-8-10(17-2)5-4-9(11(8)18-3)13(6-14)7-15-12(16)19-13/h4-5H,6-7,14H2,1-3H3,(H,15,16). The maximum Gasteiger partial charge on any atom is 0.408 e. The number of benzene rings is 1. The van der Waals surface area contributed by atoms with Gasteiger partial charge in [0.05, 0.1) is 20.8 Å². The molecular formula is C13H18N2O4. The Morgan fingerprint density at radius 1 is 1.42 bits per heavy atom. The first-order chi connectivity index (χ1) is 9.07. The highest BCUT2D eigenvalue weighted by atomic mass is 16.6. The Morgan fingerprint density at radius 2 is 2.16 bits per heavy atom. The summed E-state index contributed by atoms with van der Waals surface area (Å²) in [5.74, 6) is 1.34. The quantitative estimate of drug-likeness (QED) is 0.846. The van der Waals surface area contributed by atoms with Gasteiger partial charge in [-0.15, -0.1) is 0 Å². The SMILES string of the molecule is COc1ccc(C2(CN)CNC(=O)O2)c(OC)c1C. The van der Waals surface area contributed by atoms with E-state index in [0.717, 1.165) is 11.1 Å². The molecule has 19 heavy (non-hydrogen) atoms. The van der Waals surface area contributed by atoms with Crippen LogP contribution in [0, 0.1) is 6.92 Å². The summed E-state index contributed by atoms with van der Waals surface area (Å²) in [4.78, 5) is 11.3. The lowest BCUT2D eigenvalue weighted by molar-refractivity contribution is 0.0595. The van der Waals surface area contributed by atoms with Gasteiger partial charge in [0.25, 0.3) is 0 Å². The van der Waals surface area contributed by atoms with Crippen LogP contribution in [-0.2, 0) is 10.3 Å². The molecule has 0 aliphatic carbocycles. The van der Waals surface area contributed by atoms with Crippen molar-refractivity contribution in [3.63, 3.8) is 0 Å². The molecule has 3 N–H and O–H groups in total. The van der Waals surface area contributed by atoms with Crippen LogP contribution in [-0.4, -0.2) is 33.4 Å². The van der Waals surface area contributed by atoms with E-state index in [4.69, 9.17) is 19.9 Å². The van der Waals surface area contributed by atoms with Crippen molar-refractivity contribution in [2.24, 2.45) is 5.73 Å². The van der Waals surface area contributed by atoms with E-state index in [9.17, 15) is 4.79 Å². The Kier molecular flexibility index (Phi) is 3.53. The van der Waals surface area contributed by atoms with Crippen molar-refractivity contribution in [3.05, 3.63) is 23.3 Å². The van der Waals surface area contributed by atoms with Crippen LogP contribution in [0.3, 0.4) is 0 Å². The molecule has 0 bridgehead atoms. The zero-order valence-electron chi connectivity index (χ0n) is 11.3. The minimum atomic E-state index is -0.889. The molecule has 1 unspecified atom stereocenters. The minimum Gasteiger partial charge on any atom is -0.496 e. The second-order valence-corrected chi connectivity index (χ2v) is 4.42. The van der Waals surface area contributed by atoms with Crippen molar-refractivity contribution in [1.82, 2.24) is 5.32 Å². The average molecular weight is 266 g/mol. The molecule has 104 valence electrons. The Hall–Kier alpha value is -1.95. The lowest BCUT2D eigenvalue weighted by atomic mass is 9.91. The number of nitrogens with two attached hydrogens (primary N) is 1. The molecule has 0 spiro atoms. The topological polar surface area (TPSA) is 82.8 Å². The fourth-order valence-corrected chi connectivity index (χ4v) is 2.36. The van der Waals surface area contributed by atoms with Gasteiger partial charge in [0, 0.05) is 17.7 Å². The zero-order chi connectivity index (χ0) is 14.0. The molecule has 2 rings (SSSR count). The number of hydrogen-bond donors (Lipinski definition) is 2. The van der Waals surface area contributed by atoms with Crippen LogP contribution >= 0.6 is 0 Å². The van der Waals surface area contributed by atoms with E-state index in [1.807, 2.05) is 19.1 Å². The van der Waals surface area contributed by atoms with E-state index in [2.05, 4.69) is 5.32 Å². The van der Waals surface area contributed by atoms with E-state index in [0.29, 0.717) is 18.0 Å². The highest BCUT2D eigenvalue weighted by Crippen LogP contribution is 2.40. The highest BCUT2D eigenvalue weighted by molar-refractivity contribution is 5.71. The van der Waals surface area contributed by atoms with Crippen LogP contribution in [0.15, 0.2) is 12.1 Å². The Labute approximate surface area is 111 Å². The lowest BCUT2D eigenvalue weighted by Crippen LogP contribution is -2.39. The molecular weight excluding hydrogens is 248 g/mol. The van der Waals surface area contributed by atoms with Gasteiger partial charge in [-0.1, -0.05) is 0 Å². The second-order valence-electron chi connectivity index (χ2n) is 4.42. The summed E-state index contributed by atoms with van der Waals surface area (Å²) in [5, 5.41) is 2.63. The largest absolute Gasteiger partial charge is 0.496 e. The van der Waals surface area contributed by atoms with Crippen molar-refractivity contribution >= 4 is 6.09 Å². The van der Waals surface area contributed by atoms with Crippen LogP contribution in [0.4, 0.5) is 4.79 Å². The first-order valence-electron chi connectivity index (χ1n) is 5.97. The van der Waals surface area contributed by atoms with E-state index >= 15 is 0 Å². The third-order valence-corrected chi connectivity index (χ3v) is 3.41. The molecule has 1 amide bonds. The number of ether oxygens (including phenoxy) is 3. The van der Waals surface area contributed by atoms with Gasteiger partial charge in [0.1, 0.15) is 11.5 Å². The number of hydrogen-bond acceptors (Lipinski definition) is 5. The summed E-state index contributed by atoms with van der Waals surface area (Å²) in [6.45, 7) is 2.38. The number of nitrogens with one attached hydrogen (secondary N) is 1. The molecule has 1 heterocycles. The van der Waals surface area contributed by atoms with Crippen molar-refractivity contribution in [3.8, 4) is 11.5 Å². The maximum atomic E-state index is 11.3. The Balaban J connectivity index is 2.55. The molecule has 1 aliphatic heterocycles. The van der Waals surface area contributed by atoms with Gasteiger partial charge in [-0.3, -0.25) is 0 Å². The predicted octanol–water partition coefficient (Wildman–Crippen LogP) is 0.906.